The Morgan fingerprint density at radius 2 is 1.27 bits per heavy atom. The third kappa shape index (κ3) is 8.95. The highest BCUT2D eigenvalue weighted by Gasteiger charge is 2.82. The molecule has 0 aliphatic rings. The largest absolute Gasteiger partial charge is 0.494 e. The average Bonchev–Trinajstić information content (AvgIpc) is 2.89. The highest BCUT2D eigenvalue weighted by molar-refractivity contribution is 5.69. The van der Waals surface area contributed by atoms with Gasteiger partial charge in [-0.25, -0.2) is 0 Å². The fraction of sp³-hybridized carbons (Fsp3) is 0.444. The van der Waals surface area contributed by atoms with E-state index in [9.17, 15) is 44.3 Å². The molecule has 2 aromatic rings. The van der Waals surface area contributed by atoms with Gasteiger partial charge in [-0.1, -0.05) is 17.7 Å². The summed E-state index contributed by atoms with van der Waals surface area (Å²) in [5, 5.41) is 7.51. The van der Waals surface area contributed by atoms with Gasteiger partial charge in [-0.15, -0.1) is 6.58 Å². The molecule has 14 heteroatoms. The molecule has 0 unspecified atom stereocenters. The van der Waals surface area contributed by atoms with Crippen LogP contribution in [0.2, 0.25) is 0 Å². The zero-order chi connectivity index (χ0) is 30.9. The molecule has 2 rings (SSSR count). The summed E-state index contributed by atoms with van der Waals surface area (Å²) in [7, 11) is 0. The molecule has 41 heavy (non-hydrogen) atoms. The van der Waals surface area contributed by atoms with E-state index in [0.717, 1.165) is 12.0 Å². The molecule has 226 valence electrons. The molecule has 0 atom stereocenters. The van der Waals surface area contributed by atoms with E-state index >= 15 is 0 Å². The zero-order valence-corrected chi connectivity index (χ0v) is 21.8. The molecule has 0 saturated carbocycles. The number of carbonyl (C=O) groups excluding carboxylic acids is 1. The Balaban J connectivity index is 1.84. The van der Waals surface area contributed by atoms with Crippen LogP contribution in [0.5, 0.6) is 5.75 Å². The van der Waals surface area contributed by atoms with Crippen LogP contribution in [-0.4, -0.2) is 37.2 Å². The maximum atomic E-state index is 14.0. The highest BCUT2D eigenvalue weighted by atomic mass is 19.4. The molecular formula is C27H27F9N2O3. The standard InChI is InChI=1S/C27H27F9N2O3/c1-18(2)15-17-41-23(39)6-4-3-5-16-40-22-13-11-21(12-14-22)38-37-20-9-7-19(8-10-20)24(28,29)25(30,31)26(32,33)27(34,35)36/h7-14H,1,3-6,15-17H2,2H3. The van der Waals surface area contributed by atoms with Crippen LogP contribution < -0.4 is 4.74 Å². The lowest BCUT2D eigenvalue weighted by molar-refractivity contribution is -0.399. The monoisotopic (exact) mass is 598 g/mol. The number of ether oxygens (including phenoxy) is 2. The van der Waals surface area contributed by atoms with Crippen molar-refractivity contribution in [1.29, 1.82) is 0 Å². The quantitative estimate of drug-likeness (QED) is 0.0675. The molecule has 0 bridgehead atoms. The summed E-state index contributed by atoms with van der Waals surface area (Å²) in [6, 6.07) is 8.10. The second-order valence-corrected chi connectivity index (χ2v) is 9.05. The van der Waals surface area contributed by atoms with Gasteiger partial charge in [-0.2, -0.15) is 49.7 Å². The molecule has 0 saturated heterocycles. The molecule has 2 aromatic carbocycles. The van der Waals surface area contributed by atoms with E-state index in [1.165, 1.54) is 12.1 Å². The SMILES string of the molecule is C=C(C)CCOC(=O)CCCCCOc1ccc(N=Nc2ccc(C(F)(F)C(F)(F)C(F)(F)C(F)(F)F)cc2)cc1. The van der Waals surface area contributed by atoms with Crippen molar-refractivity contribution in [2.24, 2.45) is 10.2 Å². The van der Waals surface area contributed by atoms with Crippen LogP contribution in [0.3, 0.4) is 0 Å². The molecule has 0 fully saturated rings. The number of hydrogen-bond donors (Lipinski definition) is 0. The van der Waals surface area contributed by atoms with Crippen LogP contribution in [-0.2, 0) is 15.5 Å². The first-order chi connectivity index (χ1) is 19.0. The van der Waals surface area contributed by atoms with Gasteiger partial charge in [0.1, 0.15) is 5.75 Å². The first-order valence-corrected chi connectivity index (χ1v) is 12.2. The maximum absolute atomic E-state index is 14.0. The normalized spacial score (nSPS) is 12.9. The number of hydrogen-bond acceptors (Lipinski definition) is 5. The Labute approximate surface area is 230 Å². The van der Waals surface area contributed by atoms with Gasteiger partial charge in [0.25, 0.3) is 0 Å². The molecular weight excluding hydrogens is 571 g/mol. The fourth-order valence-electron chi connectivity index (χ4n) is 3.17. The van der Waals surface area contributed by atoms with Crippen LogP contribution >= 0.6 is 0 Å². The van der Waals surface area contributed by atoms with Crippen LogP contribution in [0.1, 0.15) is 44.6 Å². The predicted molar refractivity (Wildman–Crippen MR) is 131 cm³/mol. The van der Waals surface area contributed by atoms with Crippen molar-refractivity contribution in [3.63, 3.8) is 0 Å². The molecule has 0 amide bonds. The molecule has 0 heterocycles. The smallest absolute Gasteiger partial charge is 0.460 e. The number of rotatable bonds is 15. The fourth-order valence-corrected chi connectivity index (χ4v) is 3.17. The van der Waals surface area contributed by atoms with Crippen molar-refractivity contribution < 1.29 is 53.8 Å². The van der Waals surface area contributed by atoms with Gasteiger partial charge in [-0.05, 0) is 62.6 Å². The molecule has 0 spiro atoms. The zero-order valence-electron chi connectivity index (χ0n) is 21.8. The molecule has 5 nitrogen and oxygen atoms in total. The lowest BCUT2D eigenvalue weighted by atomic mass is 9.96. The molecule has 0 aliphatic heterocycles. The van der Waals surface area contributed by atoms with Gasteiger partial charge in [0, 0.05) is 18.4 Å². The number of halogens is 9. The maximum Gasteiger partial charge on any atom is 0.460 e. The molecule has 0 aliphatic carbocycles. The highest BCUT2D eigenvalue weighted by Crippen LogP contribution is 2.56. The van der Waals surface area contributed by atoms with Crippen molar-refractivity contribution in [3.8, 4) is 5.75 Å². The van der Waals surface area contributed by atoms with Crippen LogP contribution in [0, 0.1) is 0 Å². The summed E-state index contributed by atoms with van der Waals surface area (Å²) in [5.74, 6) is -19.3. The molecule has 0 radical (unpaired) electrons. The third-order valence-electron chi connectivity index (χ3n) is 5.58. The minimum Gasteiger partial charge on any atom is -0.494 e. The third-order valence-corrected chi connectivity index (χ3v) is 5.58. The Kier molecular flexibility index (Phi) is 11.4. The number of carbonyl (C=O) groups is 1. The second kappa shape index (κ2) is 13.9. The number of esters is 1. The molecule has 0 N–H and O–H groups in total. The van der Waals surface area contributed by atoms with Gasteiger partial charge in [0.2, 0.25) is 0 Å². The van der Waals surface area contributed by atoms with E-state index in [1.807, 2.05) is 6.92 Å². The summed E-state index contributed by atoms with van der Waals surface area (Å²) in [4.78, 5) is 11.6. The number of benzene rings is 2. The number of alkyl halides is 9. The van der Waals surface area contributed by atoms with Crippen LogP contribution in [0.4, 0.5) is 50.9 Å². The van der Waals surface area contributed by atoms with Gasteiger partial charge >= 0.3 is 29.9 Å². The van der Waals surface area contributed by atoms with E-state index in [4.69, 9.17) is 9.47 Å². The Morgan fingerprint density at radius 1 is 0.732 bits per heavy atom. The minimum absolute atomic E-state index is 0.157. The predicted octanol–water partition coefficient (Wildman–Crippen LogP) is 9.48. The van der Waals surface area contributed by atoms with Crippen molar-refractivity contribution in [2.45, 2.75) is 63.0 Å². The van der Waals surface area contributed by atoms with E-state index < -0.39 is 29.5 Å². The van der Waals surface area contributed by atoms with Gasteiger partial charge in [0.15, 0.2) is 0 Å². The lowest BCUT2D eigenvalue weighted by Crippen LogP contribution is -2.59. The van der Waals surface area contributed by atoms with Crippen molar-refractivity contribution in [2.75, 3.05) is 13.2 Å². The first-order valence-electron chi connectivity index (χ1n) is 12.2. The van der Waals surface area contributed by atoms with Gasteiger partial charge in [0.05, 0.1) is 24.6 Å². The Hall–Kier alpha value is -3.58. The van der Waals surface area contributed by atoms with Crippen molar-refractivity contribution >= 4 is 17.3 Å². The topological polar surface area (TPSA) is 60.2 Å². The van der Waals surface area contributed by atoms with Crippen molar-refractivity contribution in [1.82, 2.24) is 0 Å². The number of nitrogens with zero attached hydrogens (tertiary/aromatic N) is 2. The minimum atomic E-state index is -6.97. The van der Waals surface area contributed by atoms with E-state index in [-0.39, 0.29) is 29.5 Å². The molecule has 0 aromatic heterocycles. The van der Waals surface area contributed by atoms with E-state index in [2.05, 4.69) is 16.8 Å². The number of unbranched alkanes of at least 4 members (excludes halogenated alkanes) is 2. The van der Waals surface area contributed by atoms with Gasteiger partial charge < -0.3 is 9.47 Å². The lowest BCUT2D eigenvalue weighted by Gasteiger charge is -2.33. The van der Waals surface area contributed by atoms with Gasteiger partial charge in [-0.3, -0.25) is 4.79 Å². The van der Waals surface area contributed by atoms with Crippen molar-refractivity contribution in [3.05, 3.63) is 66.2 Å². The summed E-state index contributed by atoms with van der Waals surface area (Å²) in [5.41, 5.74) is -0.696. The van der Waals surface area contributed by atoms with E-state index in [0.29, 0.717) is 56.8 Å². The second-order valence-electron chi connectivity index (χ2n) is 9.05. The summed E-state index contributed by atoms with van der Waals surface area (Å²) in [6.45, 7) is 6.28. The average molecular weight is 599 g/mol. The van der Waals surface area contributed by atoms with Crippen LogP contribution in [0.25, 0.3) is 0 Å². The summed E-state index contributed by atoms with van der Waals surface area (Å²) in [6.07, 6.45) is -3.88. The summed E-state index contributed by atoms with van der Waals surface area (Å²) < 4.78 is 129. The summed E-state index contributed by atoms with van der Waals surface area (Å²) >= 11 is 0. The first kappa shape index (κ1) is 33.6. The van der Waals surface area contributed by atoms with E-state index in [1.54, 1.807) is 12.1 Å². The van der Waals surface area contributed by atoms with Crippen LogP contribution in [0.15, 0.2) is 70.9 Å². The Morgan fingerprint density at radius 3 is 1.78 bits per heavy atom. The Bertz CT molecular complexity index is 1180. The number of azo groups is 1.